The first-order valence-corrected chi connectivity index (χ1v) is 9.14. The number of rotatable bonds is 6. The van der Waals surface area contributed by atoms with E-state index >= 15 is 0 Å². The van der Waals surface area contributed by atoms with E-state index in [1.54, 1.807) is 25.5 Å². The van der Waals surface area contributed by atoms with Crippen molar-refractivity contribution in [3.8, 4) is 16.4 Å². The molecule has 1 atom stereocenters. The van der Waals surface area contributed by atoms with Crippen molar-refractivity contribution in [1.82, 2.24) is 5.32 Å². The Morgan fingerprint density at radius 2 is 2.15 bits per heavy atom. The van der Waals surface area contributed by atoms with Gasteiger partial charge in [0.25, 0.3) is 5.91 Å². The van der Waals surface area contributed by atoms with E-state index in [2.05, 4.69) is 5.32 Å². The lowest BCUT2D eigenvalue weighted by Gasteiger charge is -2.09. The van der Waals surface area contributed by atoms with Gasteiger partial charge in [0.15, 0.2) is 17.1 Å². The van der Waals surface area contributed by atoms with E-state index in [0.29, 0.717) is 11.3 Å². The van der Waals surface area contributed by atoms with E-state index in [4.69, 9.17) is 13.6 Å². The molecule has 0 radical (unpaired) electrons. The summed E-state index contributed by atoms with van der Waals surface area (Å²) in [6.45, 7) is 0.0745. The molecule has 1 aromatic carbocycles. The fourth-order valence-electron chi connectivity index (χ4n) is 2.77. The monoisotopic (exact) mass is 383 g/mol. The van der Waals surface area contributed by atoms with Crippen LogP contribution in [0.5, 0.6) is 5.75 Å². The molecule has 0 spiro atoms. The number of methoxy groups -OCH3 is 1. The number of hydrogen-bond donors (Lipinski definition) is 2. The SMILES string of the molecule is COc1cccc2cc(C(=O)NCC(O)c3ccc(-c4ccco4)s3)oc12. The predicted molar refractivity (Wildman–Crippen MR) is 102 cm³/mol. The molecule has 0 fully saturated rings. The van der Waals surface area contributed by atoms with Gasteiger partial charge in [-0.25, -0.2) is 0 Å². The summed E-state index contributed by atoms with van der Waals surface area (Å²) < 4.78 is 16.2. The smallest absolute Gasteiger partial charge is 0.287 e. The third-order valence-electron chi connectivity index (χ3n) is 4.13. The number of para-hydroxylation sites is 1. The number of aliphatic hydroxyl groups excluding tert-OH is 1. The molecular formula is C20H17NO5S. The Morgan fingerprint density at radius 3 is 2.93 bits per heavy atom. The van der Waals surface area contributed by atoms with Gasteiger partial charge in [0, 0.05) is 16.8 Å². The Hall–Kier alpha value is -3.03. The molecule has 3 heterocycles. The number of nitrogens with one attached hydrogen (secondary N) is 1. The average Bonchev–Trinajstić information content (AvgIpc) is 3.44. The maximum Gasteiger partial charge on any atom is 0.287 e. The van der Waals surface area contributed by atoms with Gasteiger partial charge in [0.1, 0.15) is 11.9 Å². The first-order chi connectivity index (χ1) is 13.2. The summed E-state index contributed by atoms with van der Waals surface area (Å²) in [5.41, 5.74) is 0.520. The molecule has 4 rings (SSSR count). The molecule has 0 aliphatic rings. The van der Waals surface area contributed by atoms with Crippen LogP contribution in [0.1, 0.15) is 21.5 Å². The normalized spacial score (nSPS) is 12.2. The molecule has 0 aliphatic carbocycles. The number of ether oxygens (including phenoxy) is 1. The number of thiophene rings is 1. The Morgan fingerprint density at radius 1 is 1.26 bits per heavy atom. The molecule has 1 amide bonds. The van der Waals surface area contributed by atoms with Crippen LogP contribution in [0.15, 0.2) is 63.6 Å². The molecule has 7 heteroatoms. The summed E-state index contributed by atoms with van der Waals surface area (Å²) >= 11 is 1.42. The number of aliphatic hydroxyl groups is 1. The summed E-state index contributed by atoms with van der Waals surface area (Å²) in [5.74, 6) is 1.09. The number of carbonyl (C=O) groups is 1. The minimum atomic E-state index is -0.818. The van der Waals surface area contributed by atoms with Crippen LogP contribution in [0, 0.1) is 0 Å². The summed E-state index contributed by atoms with van der Waals surface area (Å²) in [6, 6.07) is 14.5. The Labute approximate surface area is 159 Å². The second-order valence-electron chi connectivity index (χ2n) is 5.89. The molecule has 3 aromatic heterocycles. The number of fused-ring (bicyclic) bond motifs is 1. The van der Waals surface area contributed by atoms with E-state index in [9.17, 15) is 9.90 Å². The number of amides is 1. The Kier molecular flexibility index (Phi) is 4.70. The third-order valence-corrected chi connectivity index (χ3v) is 5.33. The van der Waals surface area contributed by atoms with Crippen LogP contribution < -0.4 is 10.1 Å². The minimum Gasteiger partial charge on any atom is -0.493 e. The molecule has 4 aromatic rings. The molecule has 6 nitrogen and oxygen atoms in total. The second-order valence-corrected chi connectivity index (χ2v) is 7.01. The highest BCUT2D eigenvalue weighted by Gasteiger charge is 2.17. The molecule has 138 valence electrons. The number of furan rings is 2. The summed E-state index contributed by atoms with van der Waals surface area (Å²) in [4.78, 5) is 14.0. The molecular weight excluding hydrogens is 366 g/mol. The van der Waals surface area contributed by atoms with E-state index in [1.807, 2.05) is 36.4 Å². The van der Waals surface area contributed by atoms with Crippen LogP contribution in [-0.4, -0.2) is 24.7 Å². The lowest BCUT2D eigenvalue weighted by Crippen LogP contribution is -2.27. The zero-order valence-corrected chi connectivity index (χ0v) is 15.3. The zero-order valence-electron chi connectivity index (χ0n) is 14.5. The lowest BCUT2D eigenvalue weighted by atomic mass is 10.2. The fraction of sp³-hybridized carbons (Fsp3) is 0.150. The van der Waals surface area contributed by atoms with Gasteiger partial charge in [0.05, 0.1) is 18.3 Å². The van der Waals surface area contributed by atoms with E-state index in [1.165, 1.54) is 11.3 Å². The molecule has 0 aliphatic heterocycles. The minimum absolute atomic E-state index is 0.0745. The van der Waals surface area contributed by atoms with Gasteiger partial charge < -0.3 is 24.0 Å². The summed E-state index contributed by atoms with van der Waals surface area (Å²) in [6.07, 6.45) is 0.787. The quantitative estimate of drug-likeness (QED) is 0.521. The Balaban J connectivity index is 1.43. The largest absolute Gasteiger partial charge is 0.493 e. The van der Waals surface area contributed by atoms with Crippen LogP contribution in [-0.2, 0) is 0 Å². The van der Waals surface area contributed by atoms with E-state index < -0.39 is 12.0 Å². The van der Waals surface area contributed by atoms with Crippen molar-refractivity contribution in [3.63, 3.8) is 0 Å². The maximum absolute atomic E-state index is 12.4. The highest BCUT2D eigenvalue weighted by molar-refractivity contribution is 7.15. The van der Waals surface area contributed by atoms with Crippen molar-refractivity contribution < 1.29 is 23.5 Å². The van der Waals surface area contributed by atoms with Crippen LogP contribution in [0.3, 0.4) is 0 Å². The summed E-state index contributed by atoms with van der Waals surface area (Å²) in [7, 11) is 1.55. The zero-order chi connectivity index (χ0) is 18.8. The van der Waals surface area contributed by atoms with E-state index in [0.717, 1.165) is 20.9 Å². The van der Waals surface area contributed by atoms with Gasteiger partial charge >= 0.3 is 0 Å². The molecule has 0 saturated carbocycles. The van der Waals surface area contributed by atoms with Crippen molar-refractivity contribution in [2.75, 3.05) is 13.7 Å². The Bertz CT molecular complexity index is 1060. The van der Waals surface area contributed by atoms with Crippen molar-refractivity contribution in [2.45, 2.75) is 6.10 Å². The highest BCUT2D eigenvalue weighted by Crippen LogP contribution is 2.32. The van der Waals surface area contributed by atoms with Gasteiger partial charge in [-0.1, -0.05) is 12.1 Å². The number of benzene rings is 1. The van der Waals surface area contributed by atoms with Gasteiger partial charge in [-0.05, 0) is 36.4 Å². The molecule has 0 bridgehead atoms. The average molecular weight is 383 g/mol. The molecule has 27 heavy (non-hydrogen) atoms. The standard InChI is InChI=1S/C20H17NO5S/c1-24-15-5-2-4-12-10-16(26-19(12)15)20(23)21-11-13(22)17-7-8-18(27-17)14-6-3-9-25-14/h2-10,13,22H,11H2,1H3,(H,21,23). The van der Waals surface area contributed by atoms with Gasteiger partial charge in [0.2, 0.25) is 0 Å². The van der Waals surface area contributed by atoms with Crippen molar-refractivity contribution in [1.29, 1.82) is 0 Å². The van der Waals surface area contributed by atoms with Crippen LogP contribution in [0.2, 0.25) is 0 Å². The topological polar surface area (TPSA) is 84.8 Å². The summed E-state index contributed by atoms with van der Waals surface area (Å²) in [5, 5.41) is 13.8. The van der Waals surface area contributed by atoms with Gasteiger partial charge in [-0.3, -0.25) is 4.79 Å². The molecule has 2 N–H and O–H groups in total. The van der Waals surface area contributed by atoms with Crippen molar-refractivity contribution in [2.24, 2.45) is 0 Å². The second kappa shape index (κ2) is 7.30. The van der Waals surface area contributed by atoms with Crippen molar-refractivity contribution >= 4 is 28.2 Å². The lowest BCUT2D eigenvalue weighted by molar-refractivity contribution is 0.0892. The molecule has 1 unspecified atom stereocenters. The molecule has 0 saturated heterocycles. The first kappa shape index (κ1) is 17.4. The van der Waals surface area contributed by atoms with E-state index in [-0.39, 0.29) is 12.3 Å². The van der Waals surface area contributed by atoms with Gasteiger partial charge in [-0.15, -0.1) is 11.3 Å². The van der Waals surface area contributed by atoms with Crippen molar-refractivity contribution in [3.05, 3.63) is 65.4 Å². The van der Waals surface area contributed by atoms with Crippen LogP contribution in [0.4, 0.5) is 0 Å². The van der Waals surface area contributed by atoms with Crippen LogP contribution in [0.25, 0.3) is 21.6 Å². The van der Waals surface area contributed by atoms with Crippen LogP contribution >= 0.6 is 11.3 Å². The number of hydrogen-bond acceptors (Lipinski definition) is 6. The fourth-order valence-corrected chi connectivity index (χ4v) is 3.73. The number of carbonyl (C=O) groups excluding carboxylic acids is 1. The highest BCUT2D eigenvalue weighted by atomic mass is 32.1. The predicted octanol–water partition coefficient (Wildman–Crippen LogP) is 4.23. The first-order valence-electron chi connectivity index (χ1n) is 8.32. The maximum atomic E-state index is 12.4. The van der Waals surface area contributed by atoms with Gasteiger partial charge in [-0.2, -0.15) is 0 Å². The third kappa shape index (κ3) is 3.47.